The number of nitrogens with zero attached hydrogens (tertiary/aromatic N) is 8. The van der Waals surface area contributed by atoms with E-state index in [2.05, 4.69) is 30.6 Å². The maximum absolute atomic E-state index is 13.2. The third-order valence-corrected chi connectivity index (χ3v) is 6.81. The van der Waals surface area contributed by atoms with Gasteiger partial charge in [0.1, 0.15) is 11.7 Å². The molecule has 202 valence electrons. The summed E-state index contributed by atoms with van der Waals surface area (Å²) in [6.45, 7) is 0.290. The lowest BCUT2D eigenvalue weighted by Crippen LogP contribution is -2.56. The molecular weight excluding hydrogens is 526 g/mol. The zero-order valence-electron chi connectivity index (χ0n) is 20.6. The Kier molecular flexibility index (Phi) is 5.97. The van der Waals surface area contributed by atoms with Gasteiger partial charge in [-0.1, -0.05) is 17.3 Å². The Labute approximate surface area is 223 Å². The lowest BCUT2D eigenvalue weighted by molar-refractivity contribution is -0.383. The molecule has 4 aromatic rings. The number of non-ortho nitro benzene ring substituents is 1. The number of piperidine rings is 1. The Morgan fingerprint density at radius 2 is 1.73 bits per heavy atom. The van der Waals surface area contributed by atoms with Crippen LogP contribution in [-0.4, -0.2) is 76.2 Å². The van der Waals surface area contributed by atoms with Crippen molar-refractivity contribution in [3.05, 3.63) is 69.5 Å². The van der Waals surface area contributed by atoms with E-state index in [-0.39, 0.29) is 60.3 Å². The molecule has 16 heteroatoms. The minimum atomic E-state index is -1.06. The molecule has 16 nitrogen and oxygen atoms in total. The highest BCUT2D eigenvalue weighted by Gasteiger charge is 2.46. The minimum Gasteiger partial charge on any atom is -0.377 e. The van der Waals surface area contributed by atoms with E-state index < -0.39 is 34.6 Å². The van der Waals surface area contributed by atoms with Crippen molar-refractivity contribution in [3.63, 3.8) is 0 Å². The lowest BCUT2D eigenvalue weighted by Gasteiger charge is -2.34. The second-order valence-corrected chi connectivity index (χ2v) is 9.14. The summed E-state index contributed by atoms with van der Waals surface area (Å²) in [5.74, 6) is -2.11. The molecule has 0 bridgehead atoms. The zero-order chi connectivity index (χ0) is 28.0. The second kappa shape index (κ2) is 9.64. The Bertz CT molecular complexity index is 1680. The molecule has 6 rings (SSSR count). The topological polar surface area (TPSA) is 200 Å². The molecule has 0 spiro atoms. The molecular formula is C24H19N9O7. The standard InChI is InChI=1S/C24H19N9O7/c34-19-8-7-18(32-22(35)14-3-1-2-4-15(14)23(32)36)24(37)31(19)10-9-30-12-13(26-29-30)11-25-16-5-6-17(33(38)39)21-20(16)27-40-28-21/h1-6,12,18,25H,7-11H2. The lowest BCUT2D eigenvalue weighted by atomic mass is 10.0. The van der Waals surface area contributed by atoms with Crippen LogP contribution in [0.25, 0.3) is 11.0 Å². The van der Waals surface area contributed by atoms with Crippen molar-refractivity contribution >= 4 is 46.0 Å². The van der Waals surface area contributed by atoms with Crippen LogP contribution in [0.3, 0.4) is 0 Å². The highest BCUT2D eigenvalue weighted by Crippen LogP contribution is 2.30. The number of hydrogen-bond acceptors (Lipinski definition) is 12. The minimum absolute atomic E-state index is 0.00837. The van der Waals surface area contributed by atoms with Crippen molar-refractivity contribution in [2.24, 2.45) is 0 Å². The van der Waals surface area contributed by atoms with E-state index in [9.17, 15) is 29.3 Å². The molecule has 1 unspecified atom stereocenters. The van der Waals surface area contributed by atoms with Gasteiger partial charge in [-0.3, -0.25) is 43.8 Å². The van der Waals surface area contributed by atoms with Gasteiger partial charge in [-0.05, 0) is 34.9 Å². The normalized spacial score (nSPS) is 17.1. The van der Waals surface area contributed by atoms with Crippen molar-refractivity contribution < 1.29 is 28.7 Å². The highest BCUT2D eigenvalue weighted by atomic mass is 16.6. The number of imide groups is 2. The number of carbonyl (C=O) groups is 4. The molecule has 4 amide bonds. The Morgan fingerprint density at radius 1 is 1.00 bits per heavy atom. The number of nitro benzene ring substituents is 1. The van der Waals surface area contributed by atoms with Gasteiger partial charge in [-0.25, -0.2) is 4.63 Å². The predicted octanol–water partition coefficient (Wildman–Crippen LogP) is 1.15. The number of benzene rings is 2. The van der Waals surface area contributed by atoms with E-state index in [1.165, 1.54) is 28.9 Å². The van der Waals surface area contributed by atoms with Crippen molar-refractivity contribution in [3.8, 4) is 0 Å². The fourth-order valence-electron chi connectivity index (χ4n) is 4.85. The Hall–Kier alpha value is -5.54. The number of fused-ring (bicyclic) bond motifs is 2. The number of hydrogen-bond donors (Lipinski definition) is 1. The first kappa shape index (κ1) is 24.8. The number of anilines is 1. The number of carbonyl (C=O) groups excluding carboxylic acids is 4. The Morgan fingerprint density at radius 3 is 2.45 bits per heavy atom. The summed E-state index contributed by atoms with van der Waals surface area (Å²) >= 11 is 0. The Balaban J connectivity index is 1.10. The molecule has 0 aliphatic carbocycles. The number of likely N-dealkylation sites (tertiary alicyclic amines) is 1. The highest BCUT2D eigenvalue weighted by molar-refractivity contribution is 6.23. The van der Waals surface area contributed by atoms with E-state index in [4.69, 9.17) is 0 Å². The van der Waals surface area contributed by atoms with Gasteiger partial charge in [0, 0.05) is 19.0 Å². The van der Waals surface area contributed by atoms with Crippen LogP contribution < -0.4 is 5.32 Å². The monoisotopic (exact) mass is 545 g/mol. The number of aromatic nitrogens is 5. The molecule has 0 radical (unpaired) electrons. The SMILES string of the molecule is O=C1CCC(N2C(=O)c3ccccc3C2=O)C(=O)N1CCn1cc(CNc2ccc([N+](=O)[O-])c3nonc23)nn1. The molecule has 4 heterocycles. The van der Waals surface area contributed by atoms with E-state index in [0.717, 1.165) is 9.80 Å². The predicted molar refractivity (Wildman–Crippen MR) is 132 cm³/mol. The van der Waals surface area contributed by atoms with Gasteiger partial charge in [0.2, 0.25) is 11.4 Å². The van der Waals surface area contributed by atoms with E-state index >= 15 is 0 Å². The van der Waals surface area contributed by atoms with Crippen LogP contribution in [0.15, 0.2) is 47.2 Å². The molecule has 1 N–H and O–H groups in total. The smallest absolute Gasteiger partial charge is 0.300 e. The van der Waals surface area contributed by atoms with Crippen LogP contribution in [0.2, 0.25) is 0 Å². The number of nitro groups is 1. The molecule has 40 heavy (non-hydrogen) atoms. The van der Waals surface area contributed by atoms with E-state index in [1.54, 1.807) is 18.3 Å². The van der Waals surface area contributed by atoms with Crippen molar-refractivity contribution in [1.82, 2.24) is 35.1 Å². The molecule has 1 fully saturated rings. The summed E-state index contributed by atoms with van der Waals surface area (Å²) in [7, 11) is 0. The largest absolute Gasteiger partial charge is 0.377 e. The maximum atomic E-state index is 13.2. The quantitative estimate of drug-likeness (QED) is 0.188. The van der Waals surface area contributed by atoms with E-state index in [1.807, 2.05) is 0 Å². The molecule has 2 aliphatic heterocycles. The van der Waals surface area contributed by atoms with Crippen molar-refractivity contribution in [1.29, 1.82) is 0 Å². The molecule has 2 aromatic heterocycles. The van der Waals surface area contributed by atoms with Crippen molar-refractivity contribution in [2.75, 3.05) is 11.9 Å². The van der Waals surface area contributed by atoms with Crippen molar-refractivity contribution in [2.45, 2.75) is 32.0 Å². The van der Waals surface area contributed by atoms with Gasteiger partial charge in [0.05, 0.1) is 41.0 Å². The van der Waals surface area contributed by atoms with E-state index in [0.29, 0.717) is 11.4 Å². The first-order valence-electron chi connectivity index (χ1n) is 12.2. The van der Waals surface area contributed by atoms with Crippen LogP contribution in [0.1, 0.15) is 39.3 Å². The summed E-state index contributed by atoms with van der Waals surface area (Å²) in [6.07, 6.45) is 1.68. The molecule has 0 saturated carbocycles. The van der Waals surface area contributed by atoms with Crippen LogP contribution >= 0.6 is 0 Å². The molecule has 1 saturated heterocycles. The number of amides is 4. The summed E-state index contributed by atoms with van der Waals surface area (Å²) in [4.78, 5) is 64.1. The van der Waals surface area contributed by atoms with Gasteiger partial charge in [-0.15, -0.1) is 5.10 Å². The van der Waals surface area contributed by atoms with Crippen LogP contribution in [0.4, 0.5) is 11.4 Å². The summed E-state index contributed by atoms with van der Waals surface area (Å²) in [6, 6.07) is 8.06. The average molecular weight is 545 g/mol. The average Bonchev–Trinajstić information content (AvgIpc) is 3.67. The zero-order valence-corrected chi connectivity index (χ0v) is 20.6. The first-order valence-corrected chi connectivity index (χ1v) is 12.2. The van der Waals surface area contributed by atoms with Gasteiger partial charge in [-0.2, -0.15) is 0 Å². The summed E-state index contributed by atoms with van der Waals surface area (Å²) in [5.41, 5.74) is 1.39. The summed E-state index contributed by atoms with van der Waals surface area (Å²) < 4.78 is 6.10. The van der Waals surface area contributed by atoms with Gasteiger partial charge < -0.3 is 5.32 Å². The summed E-state index contributed by atoms with van der Waals surface area (Å²) in [5, 5.41) is 29.6. The van der Waals surface area contributed by atoms with Crippen LogP contribution in [0.5, 0.6) is 0 Å². The fourth-order valence-corrected chi connectivity index (χ4v) is 4.85. The van der Waals surface area contributed by atoms with Gasteiger partial charge in [0.25, 0.3) is 17.7 Å². The number of nitrogens with one attached hydrogen (secondary N) is 1. The third kappa shape index (κ3) is 4.11. The molecule has 2 aromatic carbocycles. The maximum Gasteiger partial charge on any atom is 0.300 e. The van der Waals surface area contributed by atoms with Gasteiger partial charge >= 0.3 is 5.69 Å². The first-order chi connectivity index (χ1) is 19.3. The molecule has 2 aliphatic rings. The fraction of sp³-hybridized carbons (Fsp3) is 0.250. The molecule has 1 atom stereocenters. The second-order valence-electron chi connectivity index (χ2n) is 9.14. The number of rotatable bonds is 8. The van der Waals surface area contributed by atoms with Crippen LogP contribution in [0, 0.1) is 10.1 Å². The third-order valence-electron chi connectivity index (χ3n) is 6.81. The van der Waals surface area contributed by atoms with Gasteiger partial charge in [0.15, 0.2) is 5.52 Å². The van der Waals surface area contributed by atoms with Crippen LogP contribution in [-0.2, 0) is 22.7 Å².